The summed E-state index contributed by atoms with van der Waals surface area (Å²) in [5, 5.41) is 2.64. The second kappa shape index (κ2) is 8.28. The number of amides is 1. The van der Waals surface area contributed by atoms with Crippen molar-refractivity contribution < 1.29 is 18.7 Å². The third-order valence-corrected chi connectivity index (χ3v) is 5.63. The van der Waals surface area contributed by atoms with E-state index in [1.807, 2.05) is 0 Å². The zero-order valence-electron chi connectivity index (χ0n) is 14.7. The Morgan fingerprint density at radius 1 is 1.29 bits per heavy atom. The summed E-state index contributed by atoms with van der Waals surface area (Å²) in [7, 11) is 0. The van der Waals surface area contributed by atoms with E-state index >= 15 is 0 Å². The van der Waals surface area contributed by atoms with E-state index in [9.17, 15) is 9.18 Å². The van der Waals surface area contributed by atoms with Gasteiger partial charge in [0, 0.05) is 18.3 Å². The summed E-state index contributed by atoms with van der Waals surface area (Å²) in [6, 6.07) is 6.33. The van der Waals surface area contributed by atoms with E-state index in [1.165, 1.54) is 23.6 Å². The van der Waals surface area contributed by atoms with E-state index in [-0.39, 0.29) is 5.75 Å². The number of thiazole rings is 1. The van der Waals surface area contributed by atoms with Gasteiger partial charge in [-0.05, 0) is 37.8 Å². The number of hydrogen-bond acceptors (Lipinski definition) is 6. The van der Waals surface area contributed by atoms with Gasteiger partial charge in [-0.1, -0.05) is 11.6 Å². The Morgan fingerprint density at radius 2 is 2.11 bits per heavy atom. The van der Waals surface area contributed by atoms with Gasteiger partial charge in [0.15, 0.2) is 16.0 Å². The van der Waals surface area contributed by atoms with Crippen LogP contribution in [0.3, 0.4) is 0 Å². The van der Waals surface area contributed by atoms with E-state index in [0.717, 1.165) is 17.5 Å². The highest BCUT2D eigenvalue weighted by Gasteiger charge is 2.31. The molecule has 3 aromatic rings. The minimum absolute atomic E-state index is 0.112. The Morgan fingerprint density at radius 3 is 2.89 bits per heavy atom. The molecule has 1 N–H and O–H groups in total. The second-order valence-electron chi connectivity index (χ2n) is 6.47. The van der Waals surface area contributed by atoms with Crippen LogP contribution in [0, 0.1) is 5.82 Å². The monoisotopic (exact) mass is 421 g/mol. The third kappa shape index (κ3) is 4.34. The van der Waals surface area contributed by atoms with E-state index in [1.54, 1.807) is 24.4 Å². The van der Waals surface area contributed by atoms with Crippen LogP contribution in [-0.4, -0.2) is 28.3 Å². The molecule has 0 spiro atoms. The minimum Gasteiger partial charge on any atom is -0.483 e. The quantitative estimate of drug-likeness (QED) is 0.608. The second-order valence-corrected chi connectivity index (χ2v) is 8.08. The molecule has 2 heterocycles. The summed E-state index contributed by atoms with van der Waals surface area (Å²) < 4.78 is 27.0. The van der Waals surface area contributed by atoms with Crippen molar-refractivity contribution in [2.45, 2.75) is 37.9 Å². The number of carbonyl (C=O) groups is 1. The number of fused-ring (bicyclic) bond motifs is 1. The lowest BCUT2D eigenvalue weighted by Gasteiger charge is -2.31. The number of ether oxygens (including phenoxy) is 2. The molecular weight excluding hydrogens is 405 g/mol. The Balaban J connectivity index is 1.46. The lowest BCUT2D eigenvalue weighted by Crippen LogP contribution is -2.39. The fraction of sp³-hybridized carbons (Fsp3) is 0.316. The average molecular weight is 422 g/mol. The molecule has 2 aromatic heterocycles. The summed E-state index contributed by atoms with van der Waals surface area (Å²) in [6.45, 7) is 0. The molecule has 1 fully saturated rings. The summed E-state index contributed by atoms with van der Waals surface area (Å²) in [5.41, 5.74) is 1.03. The maximum absolute atomic E-state index is 14.4. The van der Waals surface area contributed by atoms with Gasteiger partial charge in [-0.25, -0.2) is 14.2 Å². The fourth-order valence-electron chi connectivity index (χ4n) is 3.21. The van der Waals surface area contributed by atoms with Crippen LogP contribution < -0.4 is 10.1 Å². The normalized spacial score (nSPS) is 19.4. The number of halogens is 2. The van der Waals surface area contributed by atoms with Crippen molar-refractivity contribution in [2.75, 3.05) is 5.32 Å². The molecule has 6 nitrogen and oxygen atoms in total. The smallest absolute Gasteiger partial charge is 0.412 e. The van der Waals surface area contributed by atoms with Crippen molar-refractivity contribution >= 4 is 44.9 Å². The molecule has 9 heteroatoms. The lowest BCUT2D eigenvalue weighted by atomic mass is 9.94. The first-order chi connectivity index (χ1) is 13.6. The molecule has 1 saturated carbocycles. The molecule has 1 aromatic carbocycles. The largest absolute Gasteiger partial charge is 0.483 e. The first-order valence-corrected chi connectivity index (χ1v) is 10.1. The highest BCUT2D eigenvalue weighted by molar-refractivity contribution is 7.22. The summed E-state index contributed by atoms with van der Waals surface area (Å²) in [6.07, 6.45) is 4.83. The molecule has 2 atom stereocenters. The predicted octanol–water partition coefficient (Wildman–Crippen LogP) is 5.42. The minimum atomic E-state index is -0.585. The van der Waals surface area contributed by atoms with Crippen LogP contribution in [0.15, 0.2) is 36.7 Å². The number of carbonyl (C=O) groups excluding carboxylic acids is 1. The van der Waals surface area contributed by atoms with Gasteiger partial charge in [0.1, 0.15) is 12.2 Å². The summed E-state index contributed by atoms with van der Waals surface area (Å²) in [5.74, 6) is -0.403. The van der Waals surface area contributed by atoms with Crippen LogP contribution in [0.25, 0.3) is 10.2 Å². The highest BCUT2D eigenvalue weighted by atomic mass is 35.5. The third-order valence-electron chi connectivity index (χ3n) is 4.50. The average Bonchev–Trinajstić information content (AvgIpc) is 3.03. The highest BCUT2D eigenvalue weighted by Crippen LogP contribution is 2.33. The van der Waals surface area contributed by atoms with Crippen molar-refractivity contribution in [3.8, 4) is 5.75 Å². The number of nitrogens with zero attached hydrogens (tertiary/aromatic N) is 2. The molecule has 1 amide bonds. The number of benzene rings is 1. The number of nitrogens with one attached hydrogen (secondary N) is 1. The SMILES string of the molecule is O=C(Nc1cccnc1)O[C@@H]1CCCC[C@@H]1Oc1cc2sc(Cl)nc2cc1F. The first-order valence-electron chi connectivity index (χ1n) is 8.88. The van der Waals surface area contributed by atoms with Crippen LogP contribution in [0.5, 0.6) is 5.75 Å². The van der Waals surface area contributed by atoms with Gasteiger partial charge in [0.2, 0.25) is 0 Å². The van der Waals surface area contributed by atoms with E-state index in [0.29, 0.717) is 28.5 Å². The maximum Gasteiger partial charge on any atom is 0.412 e. The van der Waals surface area contributed by atoms with Crippen molar-refractivity contribution in [1.29, 1.82) is 0 Å². The maximum atomic E-state index is 14.4. The molecule has 0 aliphatic heterocycles. The number of hydrogen-bond donors (Lipinski definition) is 1. The lowest BCUT2D eigenvalue weighted by molar-refractivity contribution is -0.00440. The van der Waals surface area contributed by atoms with Crippen molar-refractivity contribution in [3.05, 3.63) is 46.9 Å². The van der Waals surface area contributed by atoms with E-state index < -0.39 is 24.1 Å². The van der Waals surface area contributed by atoms with Crippen LogP contribution in [0.1, 0.15) is 25.7 Å². The van der Waals surface area contributed by atoms with Crippen molar-refractivity contribution in [3.63, 3.8) is 0 Å². The van der Waals surface area contributed by atoms with Crippen LogP contribution in [-0.2, 0) is 4.74 Å². The number of aromatic nitrogens is 2. The summed E-state index contributed by atoms with van der Waals surface area (Å²) >= 11 is 7.16. The predicted molar refractivity (Wildman–Crippen MR) is 106 cm³/mol. The molecule has 0 bridgehead atoms. The van der Waals surface area contributed by atoms with Gasteiger partial charge in [-0.15, -0.1) is 11.3 Å². The Kier molecular flexibility index (Phi) is 5.59. The molecule has 28 heavy (non-hydrogen) atoms. The van der Waals surface area contributed by atoms with E-state index in [2.05, 4.69) is 15.3 Å². The van der Waals surface area contributed by atoms with Gasteiger partial charge in [-0.3, -0.25) is 10.3 Å². The number of pyridine rings is 1. The Bertz CT molecular complexity index is 985. The van der Waals surface area contributed by atoms with Gasteiger partial charge < -0.3 is 9.47 Å². The van der Waals surface area contributed by atoms with Crippen LogP contribution in [0.2, 0.25) is 4.47 Å². The Labute approximate surface area is 169 Å². The number of rotatable bonds is 4. The molecule has 0 unspecified atom stereocenters. The molecule has 4 rings (SSSR count). The van der Waals surface area contributed by atoms with Gasteiger partial charge >= 0.3 is 6.09 Å². The molecule has 1 aliphatic rings. The van der Waals surface area contributed by atoms with Crippen molar-refractivity contribution in [1.82, 2.24) is 9.97 Å². The van der Waals surface area contributed by atoms with Crippen molar-refractivity contribution in [2.24, 2.45) is 0 Å². The Hall–Kier alpha value is -2.45. The summed E-state index contributed by atoms with van der Waals surface area (Å²) in [4.78, 5) is 20.2. The first kappa shape index (κ1) is 18.9. The zero-order chi connectivity index (χ0) is 19.5. The molecule has 1 aliphatic carbocycles. The topological polar surface area (TPSA) is 73.3 Å². The molecule has 0 saturated heterocycles. The molecule has 146 valence electrons. The number of anilines is 1. The van der Waals surface area contributed by atoms with E-state index in [4.69, 9.17) is 21.1 Å². The molecular formula is C19H17ClFN3O3S. The van der Waals surface area contributed by atoms with Gasteiger partial charge in [0.05, 0.1) is 22.1 Å². The van der Waals surface area contributed by atoms with Crippen LogP contribution in [0.4, 0.5) is 14.9 Å². The molecule has 0 radical (unpaired) electrons. The van der Waals surface area contributed by atoms with Gasteiger partial charge in [-0.2, -0.15) is 0 Å². The zero-order valence-corrected chi connectivity index (χ0v) is 16.3. The van der Waals surface area contributed by atoms with Crippen LogP contribution >= 0.6 is 22.9 Å². The van der Waals surface area contributed by atoms with Gasteiger partial charge in [0.25, 0.3) is 0 Å². The standard InChI is InChI=1S/C19H17ClFN3O3S/c20-18-24-13-8-12(21)16(9-17(13)28-18)26-14-5-1-2-6-15(14)27-19(25)23-11-4-3-7-22-10-11/h3-4,7-10,14-15H,1-2,5-6H2,(H,23,25)/t14-,15+/m0/s1. The fourth-order valence-corrected chi connectivity index (χ4v) is 4.25.